The van der Waals surface area contributed by atoms with Gasteiger partial charge in [-0.05, 0) is 48.7 Å². The minimum Gasteiger partial charge on any atom is -0.381 e. The summed E-state index contributed by atoms with van der Waals surface area (Å²) >= 11 is 9.62. The second-order valence-electron chi connectivity index (χ2n) is 7.05. The molecule has 2 aromatic rings. The molecule has 0 radical (unpaired) electrons. The molecule has 5 nitrogen and oxygen atoms in total. The summed E-state index contributed by atoms with van der Waals surface area (Å²) in [5.74, 6) is -0.321. The molecular weight excluding hydrogens is 444 g/mol. The van der Waals surface area contributed by atoms with Crippen LogP contribution in [-0.4, -0.2) is 44.0 Å². The van der Waals surface area contributed by atoms with Gasteiger partial charge in [-0.15, -0.1) is 0 Å². The Labute approximate surface area is 178 Å². The maximum absolute atomic E-state index is 13.4. The summed E-state index contributed by atoms with van der Waals surface area (Å²) in [6.07, 6.45) is 1.19. The third kappa shape index (κ3) is 4.24. The lowest BCUT2D eigenvalue weighted by Gasteiger charge is -2.36. The van der Waals surface area contributed by atoms with Gasteiger partial charge in [-0.2, -0.15) is 0 Å². The first kappa shape index (κ1) is 20.8. The van der Waals surface area contributed by atoms with Crippen molar-refractivity contribution in [2.75, 3.05) is 32.6 Å². The number of nitrogens with one attached hydrogen (secondary N) is 1. The Morgan fingerprint density at radius 2 is 1.75 bits per heavy atom. The van der Waals surface area contributed by atoms with Crippen molar-refractivity contribution in [2.24, 2.45) is 0 Å². The van der Waals surface area contributed by atoms with Crippen LogP contribution >= 0.6 is 27.5 Å². The average molecular weight is 466 g/mol. The minimum atomic E-state index is -0.676. The summed E-state index contributed by atoms with van der Waals surface area (Å²) in [6, 6.07) is 12.8. The van der Waals surface area contributed by atoms with Crippen LogP contribution in [0.25, 0.3) is 0 Å². The molecule has 1 aliphatic rings. The number of hydrogen-bond acceptors (Lipinski definition) is 3. The molecule has 1 heterocycles. The van der Waals surface area contributed by atoms with Crippen molar-refractivity contribution < 1.29 is 14.3 Å². The third-order valence-corrected chi connectivity index (χ3v) is 5.90. The Morgan fingerprint density at radius 3 is 2.36 bits per heavy atom. The van der Waals surface area contributed by atoms with Crippen LogP contribution in [0.2, 0.25) is 5.02 Å². The Bertz CT molecular complexity index is 878. The number of anilines is 1. The van der Waals surface area contributed by atoms with E-state index in [0.717, 1.165) is 10.0 Å². The normalized spacial score (nSPS) is 15.7. The van der Waals surface area contributed by atoms with Crippen molar-refractivity contribution in [3.8, 4) is 0 Å². The van der Waals surface area contributed by atoms with E-state index in [1.54, 1.807) is 32.3 Å². The monoisotopic (exact) mass is 464 g/mol. The van der Waals surface area contributed by atoms with Gasteiger partial charge in [-0.25, -0.2) is 0 Å². The number of rotatable bonds is 4. The van der Waals surface area contributed by atoms with Crippen LogP contribution in [0.4, 0.5) is 5.69 Å². The molecule has 0 bridgehead atoms. The van der Waals surface area contributed by atoms with Gasteiger partial charge in [0.15, 0.2) is 0 Å². The van der Waals surface area contributed by atoms with Crippen LogP contribution in [0.15, 0.2) is 46.9 Å². The van der Waals surface area contributed by atoms with Crippen LogP contribution in [0, 0.1) is 0 Å². The van der Waals surface area contributed by atoms with Crippen LogP contribution in [0.5, 0.6) is 0 Å². The number of nitrogens with zero attached hydrogens (tertiary/aromatic N) is 1. The van der Waals surface area contributed by atoms with Crippen molar-refractivity contribution in [3.63, 3.8) is 0 Å². The molecule has 1 aliphatic heterocycles. The molecule has 1 saturated heterocycles. The van der Waals surface area contributed by atoms with E-state index in [9.17, 15) is 9.59 Å². The van der Waals surface area contributed by atoms with Gasteiger partial charge in [0.25, 0.3) is 5.91 Å². The van der Waals surface area contributed by atoms with Gasteiger partial charge in [-0.1, -0.05) is 39.7 Å². The quantitative estimate of drug-likeness (QED) is 0.724. The minimum absolute atomic E-state index is 0.108. The maximum atomic E-state index is 13.4. The third-order valence-electron chi connectivity index (χ3n) is 5.04. The molecule has 1 fully saturated rings. The van der Waals surface area contributed by atoms with Crippen molar-refractivity contribution in [1.82, 2.24) is 4.90 Å². The SMILES string of the molecule is CN(C)C(=O)c1cc(NC(=O)C2(c3ccc(Br)cc3)CCOCC2)ccc1Cl. The van der Waals surface area contributed by atoms with E-state index in [2.05, 4.69) is 21.2 Å². The lowest BCUT2D eigenvalue weighted by atomic mass is 9.73. The molecule has 0 atom stereocenters. The standard InChI is InChI=1S/C21H22BrClN2O3/c1-25(2)19(26)17-13-16(7-8-18(17)23)24-20(27)21(9-11-28-12-10-21)14-3-5-15(22)6-4-14/h3-8,13H,9-12H2,1-2H3,(H,24,27). The Morgan fingerprint density at radius 1 is 1.11 bits per heavy atom. The Kier molecular flexibility index (Phi) is 6.43. The van der Waals surface area contributed by atoms with E-state index in [0.29, 0.717) is 42.3 Å². The zero-order valence-electron chi connectivity index (χ0n) is 15.8. The highest BCUT2D eigenvalue weighted by molar-refractivity contribution is 9.10. The first-order valence-electron chi connectivity index (χ1n) is 9.00. The molecule has 7 heteroatoms. The van der Waals surface area contributed by atoms with E-state index in [4.69, 9.17) is 16.3 Å². The van der Waals surface area contributed by atoms with Crippen molar-refractivity contribution >= 4 is 45.0 Å². The van der Waals surface area contributed by atoms with Crippen molar-refractivity contribution in [3.05, 3.63) is 63.1 Å². The fraction of sp³-hybridized carbons (Fsp3) is 0.333. The van der Waals surface area contributed by atoms with E-state index in [1.165, 1.54) is 4.90 Å². The van der Waals surface area contributed by atoms with E-state index < -0.39 is 5.41 Å². The van der Waals surface area contributed by atoms with Crippen LogP contribution in [0.1, 0.15) is 28.8 Å². The molecule has 0 unspecified atom stereocenters. The topological polar surface area (TPSA) is 58.6 Å². The molecule has 0 aromatic heterocycles. The lowest BCUT2D eigenvalue weighted by Crippen LogP contribution is -2.44. The first-order chi connectivity index (χ1) is 13.3. The van der Waals surface area contributed by atoms with Crippen molar-refractivity contribution in [1.29, 1.82) is 0 Å². The number of benzene rings is 2. The molecule has 0 spiro atoms. The van der Waals surface area contributed by atoms with Gasteiger partial charge in [0, 0.05) is 37.5 Å². The van der Waals surface area contributed by atoms with Gasteiger partial charge in [0.1, 0.15) is 0 Å². The van der Waals surface area contributed by atoms with Crippen molar-refractivity contribution in [2.45, 2.75) is 18.3 Å². The van der Waals surface area contributed by atoms with Crippen LogP contribution in [-0.2, 0) is 14.9 Å². The summed E-state index contributed by atoms with van der Waals surface area (Å²) in [6.45, 7) is 1.04. The van der Waals surface area contributed by atoms with Gasteiger partial charge >= 0.3 is 0 Å². The predicted molar refractivity (Wildman–Crippen MR) is 114 cm³/mol. The molecule has 0 aliphatic carbocycles. The molecule has 1 N–H and O–H groups in total. The summed E-state index contributed by atoms with van der Waals surface area (Å²) < 4.78 is 6.47. The highest BCUT2D eigenvalue weighted by Crippen LogP contribution is 2.37. The molecule has 28 heavy (non-hydrogen) atoms. The Balaban J connectivity index is 1.92. The lowest BCUT2D eigenvalue weighted by molar-refractivity contribution is -0.125. The zero-order valence-corrected chi connectivity index (χ0v) is 18.1. The number of halogens is 2. The molecule has 2 amide bonds. The fourth-order valence-corrected chi connectivity index (χ4v) is 3.86. The number of hydrogen-bond donors (Lipinski definition) is 1. The van der Waals surface area contributed by atoms with Gasteiger partial charge < -0.3 is 15.0 Å². The largest absolute Gasteiger partial charge is 0.381 e. The second kappa shape index (κ2) is 8.64. The smallest absolute Gasteiger partial charge is 0.254 e. The average Bonchev–Trinajstić information content (AvgIpc) is 2.69. The van der Waals surface area contributed by atoms with E-state index >= 15 is 0 Å². The summed E-state index contributed by atoms with van der Waals surface area (Å²) in [4.78, 5) is 27.2. The maximum Gasteiger partial charge on any atom is 0.254 e. The molecular formula is C21H22BrClN2O3. The Hall–Kier alpha value is -1.89. The summed E-state index contributed by atoms with van der Waals surface area (Å²) in [5, 5.41) is 3.34. The summed E-state index contributed by atoms with van der Waals surface area (Å²) in [5.41, 5.74) is 1.18. The molecule has 0 saturated carbocycles. The molecule has 148 valence electrons. The van der Waals surface area contributed by atoms with E-state index in [1.807, 2.05) is 24.3 Å². The fourth-order valence-electron chi connectivity index (χ4n) is 3.39. The van der Waals surface area contributed by atoms with Gasteiger partial charge in [0.2, 0.25) is 5.91 Å². The van der Waals surface area contributed by atoms with Gasteiger partial charge in [0.05, 0.1) is 16.0 Å². The number of ether oxygens (including phenoxy) is 1. The molecule has 2 aromatic carbocycles. The highest BCUT2D eigenvalue weighted by Gasteiger charge is 2.41. The van der Waals surface area contributed by atoms with Crippen LogP contribution < -0.4 is 5.32 Å². The molecule has 3 rings (SSSR count). The number of carbonyl (C=O) groups is 2. The highest BCUT2D eigenvalue weighted by atomic mass is 79.9. The zero-order chi connectivity index (χ0) is 20.3. The van der Waals surface area contributed by atoms with Crippen LogP contribution in [0.3, 0.4) is 0 Å². The first-order valence-corrected chi connectivity index (χ1v) is 10.2. The predicted octanol–water partition coefficient (Wildman–Crippen LogP) is 4.49. The van der Waals surface area contributed by atoms with Gasteiger partial charge in [-0.3, -0.25) is 9.59 Å². The number of carbonyl (C=O) groups excluding carboxylic acids is 2. The number of amides is 2. The van der Waals surface area contributed by atoms with E-state index in [-0.39, 0.29) is 11.8 Å². The second-order valence-corrected chi connectivity index (χ2v) is 8.37. The summed E-state index contributed by atoms with van der Waals surface area (Å²) in [7, 11) is 3.32.